The zero-order valence-corrected chi connectivity index (χ0v) is 13.7. The summed E-state index contributed by atoms with van der Waals surface area (Å²) in [7, 11) is 0. The number of esters is 1. The number of nitrogens with one attached hydrogen (secondary N) is 1. The number of hydrogen-bond donors (Lipinski definition) is 1. The van der Waals surface area contributed by atoms with Crippen LogP contribution in [0.2, 0.25) is 0 Å². The molecule has 0 aliphatic rings. The van der Waals surface area contributed by atoms with Crippen LogP contribution in [0.4, 0.5) is 10.1 Å². The summed E-state index contributed by atoms with van der Waals surface area (Å²) >= 11 is 0. The van der Waals surface area contributed by atoms with E-state index in [4.69, 9.17) is 9.15 Å². The van der Waals surface area contributed by atoms with Gasteiger partial charge in [0.25, 0.3) is 5.91 Å². The van der Waals surface area contributed by atoms with Crippen molar-refractivity contribution < 1.29 is 23.1 Å². The minimum absolute atomic E-state index is 0.255. The Kier molecular flexibility index (Phi) is 4.79. The third kappa shape index (κ3) is 3.94. The molecule has 0 saturated heterocycles. The van der Waals surface area contributed by atoms with E-state index >= 15 is 0 Å². The van der Waals surface area contributed by atoms with Gasteiger partial charge in [-0.1, -0.05) is 11.6 Å². The van der Waals surface area contributed by atoms with Crippen LogP contribution in [0.5, 0.6) is 0 Å². The van der Waals surface area contributed by atoms with Crippen molar-refractivity contribution in [3.8, 4) is 0 Å². The largest absolute Gasteiger partial charge is 0.450 e. The van der Waals surface area contributed by atoms with Crippen LogP contribution in [-0.4, -0.2) is 18.5 Å². The van der Waals surface area contributed by atoms with Crippen LogP contribution >= 0.6 is 0 Å². The molecule has 132 valence electrons. The Morgan fingerprint density at radius 1 is 1.12 bits per heavy atom. The van der Waals surface area contributed by atoms with E-state index in [1.807, 2.05) is 6.92 Å². The van der Waals surface area contributed by atoms with Crippen LogP contribution in [0, 0.1) is 12.7 Å². The van der Waals surface area contributed by atoms with Gasteiger partial charge in [-0.3, -0.25) is 9.59 Å². The van der Waals surface area contributed by atoms with Crippen LogP contribution in [0.25, 0.3) is 11.0 Å². The molecular formula is C19H14FNO5. The van der Waals surface area contributed by atoms with Crippen molar-refractivity contribution in [2.24, 2.45) is 0 Å². The molecule has 0 atom stereocenters. The first kappa shape index (κ1) is 17.3. The number of benzene rings is 2. The summed E-state index contributed by atoms with van der Waals surface area (Å²) in [5.41, 5.74) is 1.13. The summed E-state index contributed by atoms with van der Waals surface area (Å²) in [6.45, 7) is 1.26. The van der Waals surface area contributed by atoms with Gasteiger partial charge >= 0.3 is 5.97 Å². The Bertz CT molecular complexity index is 1040. The summed E-state index contributed by atoms with van der Waals surface area (Å²) in [6, 6.07) is 11.1. The van der Waals surface area contributed by atoms with Crippen LogP contribution in [-0.2, 0) is 9.53 Å². The highest BCUT2D eigenvalue weighted by Gasteiger charge is 2.15. The molecule has 7 heteroatoms. The molecule has 3 aromatic rings. The van der Waals surface area contributed by atoms with E-state index in [1.165, 1.54) is 24.3 Å². The zero-order valence-electron chi connectivity index (χ0n) is 13.7. The minimum Gasteiger partial charge on any atom is -0.450 e. The Balaban J connectivity index is 1.67. The van der Waals surface area contributed by atoms with Crippen molar-refractivity contribution in [3.63, 3.8) is 0 Å². The predicted octanol–water partition coefficient (Wildman–Crippen LogP) is 3.04. The van der Waals surface area contributed by atoms with E-state index in [0.717, 1.165) is 11.6 Å². The topological polar surface area (TPSA) is 85.6 Å². The molecule has 0 aliphatic carbocycles. The summed E-state index contributed by atoms with van der Waals surface area (Å²) < 4.78 is 23.0. The third-order valence-electron chi connectivity index (χ3n) is 3.55. The SMILES string of the molecule is Cc1ccc2oc(C(=O)OCC(=O)Nc3ccc(F)cc3)cc(=O)c2c1. The molecule has 26 heavy (non-hydrogen) atoms. The Morgan fingerprint density at radius 3 is 2.58 bits per heavy atom. The Labute approximate surface area is 147 Å². The summed E-state index contributed by atoms with van der Waals surface area (Å²) in [4.78, 5) is 35.9. The Morgan fingerprint density at radius 2 is 1.85 bits per heavy atom. The molecular weight excluding hydrogens is 341 g/mol. The van der Waals surface area contributed by atoms with E-state index in [1.54, 1.807) is 18.2 Å². The van der Waals surface area contributed by atoms with Crippen molar-refractivity contribution in [1.29, 1.82) is 0 Å². The van der Waals surface area contributed by atoms with Gasteiger partial charge < -0.3 is 14.5 Å². The minimum atomic E-state index is -0.932. The maximum absolute atomic E-state index is 12.8. The van der Waals surface area contributed by atoms with Crippen molar-refractivity contribution in [3.05, 3.63) is 75.9 Å². The number of halogens is 1. The number of amides is 1. The molecule has 1 amide bonds. The highest BCUT2D eigenvalue weighted by Crippen LogP contribution is 2.15. The van der Waals surface area contributed by atoms with Crippen LogP contribution in [0.15, 0.2) is 57.7 Å². The second-order valence-electron chi connectivity index (χ2n) is 5.61. The number of ether oxygens (including phenoxy) is 1. The van der Waals surface area contributed by atoms with Gasteiger partial charge in [0, 0.05) is 11.8 Å². The molecule has 6 nitrogen and oxygen atoms in total. The number of carbonyl (C=O) groups excluding carboxylic acids is 2. The second-order valence-corrected chi connectivity index (χ2v) is 5.61. The van der Waals surface area contributed by atoms with Crippen LogP contribution in [0.1, 0.15) is 16.1 Å². The van der Waals surface area contributed by atoms with Gasteiger partial charge in [-0.25, -0.2) is 9.18 Å². The van der Waals surface area contributed by atoms with Gasteiger partial charge in [-0.05, 0) is 43.3 Å². The Hall–Kier alpha value is -3.48. The predicted molar refractivity (Wildman–Crippen MR) is 92.5 cm³/mol. The molecule has 0 unspecified atom stereocenters. The molecule has 0 bridgehead atoms. The lowest BCUT2D eigenvalue weighted by molar-refractivity contribution is -0.119. The van der Waals surface area contributed by atoms with E-state index in [9.17, 15) is 18.8 Å². The third-order valence-corrected chi connectivity index (χ3v) is 3.55. The quantitative estimate of drug-likeness (QED) is 0.727. The molecule has 0 radical (unpaired) electrons. The number of rotatable bonds is 4. The van der Waals surface area contributed by atoms with Crippen molar-refractivity contribution in [2.75, 3.05) is 11.9 Å². The van der Waals surface area contributed by atoms with Crippen molar-refractivity contribution in [2.45, 2.75) is 6.92 Å². The lowest BCUT2D eigenvalue weighted by atomic mass is 10.1. The first-order chi connectivity index (χ1) is 12.4. The van der Waals surface area contributed by atoms with Crippen LogP contribution in [0.3, 0.4) is 0 Å². The number of fused-ring (bicyclic) bond motifs is 1. The van der Waals surface area contributed by atoms with Crippen molar-refractivity contribution >= 4 is 28.5 Å². The van der Waals surface area contributed by atoms with E-state index in [-0.39, 0.29) is 16.8 Å². The number of carbonyl (C=O) groups is 2. The molecule has 0 aliphatic heterocycles. The first-order valence-corrected chi connectivity index (χ1v) is 7.69. The second kappa shape index (κ2) is 7.18. The molecule has 0 fully saturated rings. The maximum atomic E-state index is 12.8. The van der Waals surface area contributed by atoms with Crippen molar-refractivity contribution in [1.82, 2.24) is 0 Å². The molecule has 0 saturated carbocycles. The smallest absolute Gasteiger partial charge is 0.374 e. The number of aryl methyl sites for hydroxylation is 1. The average Bonchev–Trinajstić information content (AvgIpc) is 2.62. The normalized spacial score (nSPS) is 10.5. The standard InChI is InChI=1S/C19H14FNO5/c1-11-2-7-16-14(8-11)15(22)9-17(26-16)19(24)25-10-18(23)21-13-5-3-12(20)4-6-13/h2-9H,10H2,1H3,(H,21,23). The fourth-order valence-electron chi connectivity index (χ4n) is 2.30. The van der Waals surface area contributed by atoms with Gasteiger partial charge in [0.05, 0.1) is 5.39 Å². The van der Waals surface area contributed by atoms with Gasteiger partial charge in [-0.15, -0.1) is 0 Å². The molecule has 2 aromatic carbocycles. The molecule has 1 aromatic heterocycles. The highest BCUT2D eigenvalue weighted by molar-refractivity contribution is 5.95. The fraction of sp³-hybridized carbons (Fsp3) is 0.105. The number of hydrogen-bond acceptors (Lipinski definition) is 5. The van der Waals surface area contributed by atoms with Gasteiger partial charge in [-0.2, -0.15) is 0 Å². The van der Waals surface area contributed by atoms with Gasteiger partial charge in [0.15, 0.2) is 12.0 Å². The molecule has 3 rings (SSSR count). The first-order valence-electron chi connectivity index (χ1n) is 7.69. The maximum Gasteiger partial charge on any atom is 0.374 e. The molecule has 0 spiro atoms. The monoisotopic (exact) mass is 355 g/mol. The highest BCUT2D eigenvalue weighted by atomic mass is 19.1. The summed E-state index contributed by atoms with van der Waals surface area (Å²) in [5, 5.41) is 2.81. The molecule has 1 heterocycles. The van der Waals surface area contributed by atoms with Gasteiger partial charge in [0.2, 0.25) is 5.76 Å². The lowest BCUT2D eigenvalue weighted by Gasteiger charge is -2.07. The molecule has 1 N–H and O–H groups in total. The summed E-state index contributed by atoms with van der Waals surface area (Å²) in [6.07, 6.45) is 0. The van der Waals surface area contributed by atoms with E-state index in [2.05, 4.69) is 5.32 Å². The van der Waals surface area contributed by atoms with E-state index < -0.39 is 24.3 Å². The summed E-state index contributed by atoms with van der Waals surface area (Å²) in [5.74, 6) is -2.26. The fourth-order valence-corrected chi connectivity index (χ4v) is 2.30. The zero-order chi connectivity index (χ0) is 18.7. The van der Waals surface area contributed by atoms with E-state index in [0.29, 0.717) is 11.1 Å². The number of anilines is 1. The average molecular weight is 355 g/mol. The van der Waals surface area contributed by atoms with Crippen LogP contribution < -0.4 is 10.7 Å². The lowest BCUT2D eigenvalue weighted by Crippen LogP contribution is -2.21. The van der Waals surface area contributed by atoms with Gasteiger partial charge in [0.1, 0.15) is 11.4 Å².